The molecule has 2 heteroatoms. The molecule has 2 saturated carbocycles. The highest BCUT2D eigenvalue weighted by atomic mass is 16.3. The molecule has 156 valence electrons. The van der Waals surface area contributed by atoms with Crippen LogP contribution in [-0.2, 0) is 4.79 Å². The number of carbonyl (C=O) groups excluding carboxylic acids is 1. The Kier molecular flexibility index (Phi) is 4.60. The van der Waals surface area contributed by atoms with Gasteiger partial charge in [-0.05, 0) is 87.0 Å². The van der Waals surface area contributed by atoms with Crippen LogP contribution in [0.3, 0.4) is 0 Å². The zero-order chi connectivity index (χ0) is 21.1. The van der Waals surface area contributed by atoms with Gasteiger partial charge in [0.2, 0.25) is 0 Å². The third-order valence-electron chi connectivity index (χ3n) is 8.70. The first-order valence-corrected chi connectivity index (χ1v) is 11.6. The van der Waals surface area contributed by atoms with Crippen molar-refractivity contribution in [2.24, 2.45) is 17.3 Å². The average molecular weight is 401 g/mol. The smallest absolute Gasteiger partial charge is 0.156 e. The van der Waals surface area contributed by atoms with Gasteiger partial charge in [0.15, 0.2) is 5.78 Å². The van der Waals surface area contributed by atoms with Crippen LogP contribution in [0.5, 0.6) is 0 Å². The number of fused-ring (bicyclic) bond motifs is 4. The molecule has 4 aliphatic rings. The van der Waals surface area contributed by atoms with Crippen LogP contribution >= 0.6 is 0 Å². The lowest BCUT2D eigenvalue weighted by Crippen LogP contribution is -2.51. The number of benzene rings is 1. The zero-order valence-electron chi connectivity index (χ0n) is 18.4. The Labute approximate surface area is 180 Å². The molecule has 0 aliphatic heterocycles. The zero-order valence-corrected chi connectivity index (χ0v) is 18.4. The minimum Gasteiger partial charge on any atom is -0.377 e. The quantitative estimate of drug-likeness (QED) is 0.619. The van der Waals surface area contributed by atoms with E-state index in [0.29, 0.717) is 24.2 Å². The predicted octanol–water partition coefficient (Wildman–Crippen LogP) is 5.65. The normalized spacial score (nSPS) is 37.5. The topological polar surface area (TPSA) is 37.3 Å². The Morgan fingerprint density at radius 3 is 2.60 bits per heavy atom. The molecule has 0 bridgehead atoms. The summed E-state index contributed by atoms with van der Waals surface area (Å²) >= 11 is 0. The molecule has 0 amide bonds. The van der Waals surface area contributed by atoms with Crippen molar-refractivity contribution in [1.82, 2.24) is 0 Å². The number of carbonyl (C=O) groups is 1. The maximum absolute atomic E-state index is 12.1. The summed E-state index contributed by atoms with van der Waals surface area (Å²) < 4.78 is 0. The van der Waals surface area contributed by atoms with Crippen molar-refractivity contribution in [1.29, 1.82) is 0 Å². The van der Waals surface area contributed by atoms with E-state index in [1.165, 1.54) is 22.3 Å². The van der Waals surface area contributed by atoms with Gasteiger partial charge in [0.05, 0.1) is 0 Å². The Hall–Kier alpha value is -2.11. The van der Waals surface area contributed by atoms with Gasteiger partial charge in [-0.15, -0.1) is 5.92 Å². The minimum absolute atomic E-state index is 0.202. The second kappa shape index (κ2) is 6.96. The highest BCUT2D eigenvalue weighted by Crippen LogP contribution is 2.66. The number of aryl methyl sites for hydroxylation is 1. The van der Waals surface area contributed by atoms with E-state index in [2.05, 4.69) is 50.0 Å². The number of allylic oxidation sites excluding steroid dienone is 4. The number of hydrogen-bond acceptors (Lipinski definition) is 2. The summed E-state index contributed by atoms with van der Waals surface area (Å²) in [5, 5.41) is 11.7. The highest BCUT2D eigenvalue weighted by molar-refractivity contribution is 5.93. The molecule has 0 radical (unpaired) electrons. The van der Waals surface area contributed by atoms with E-state index >= 15 is 0 Å². The molecule has 30 heavy (non-hydrogen) atoms. The van der Waals surface area contributed by atoms with Gasteiger partial charge in [-0.3, -0.25) is 4.79 Å². The number of rotatable bonds is 1. The fourth-order valence-corrected chi connectivity index (χ4v) is 7.18. The summed E-state index contributed by atoms with van der Waals surface area (Å²) in [5.74, 6) is 7.80. The molecule has 1 N–H and O–H groups in total. The van der Waals surface area contributed by atoms with Crippen molar-refractivity contribution in [2.75, 3.05) is 0 Å². The highest BCUT2D eigenvalue weighted by Gasteiger charge is 2.62. The van der Waals surface area contributed by atoms with Crippen molar-refractivity contribution < 1.29 is 9.90 Å². The first-order valence-electron chi connectivity index (χ1n) is 11.6. The molecule has 2 fully saturated rings. The largest absolute Gasteiger partial charge is 0.377 e. The van der Waals surface area contributed by atoms with Gasteiger partial charge in [0.25, 0.3) is 0 Å². The molecule has 0 saturated heterocycles. The summed E-state index contributed by atoms with van der Waals surface area (Å²) in [4.78, 5) is 12.1. The fraction of sp³-hybridized carbons (Fsp3) is 0.536. The van der Waals surface area contributed by atoms with Crippen LogP contribution in [0.2, 0.25) is 0 Å². The van der Waals surface area contributed by atoms with Crippen molar-refractivity contribution >= 4 is 5.78 Å². The van der Waals surface area contributed by atoms with E-state index < -0.39 is 5.60 Å². The Morgan fingerprint density at radius 1 is 1.10 bits per heavy atom. The third-order valence-corrected chi connectivity index (χ3v) is 8.70. The molecular formula is C28H32O2. The second-order valence-electron chi connectivity index (χ2n) is 10.2. The van der Waals surface area contributed by atoms with E-state index in [-0.39, 0.29) is 11.2 Å². The SMILES string of the molecule is CC#C[C@]1(O)CCC2[C@@H]3CCC4=CC(=O)CCC4=C3[C@@H](c3ccc(C)cc3)C[C@@]21C. The summed E-state index contributed by atoms with van der Waals surface area (Å²) in [6.07, 6.45) is 8.30. The number of ketones is 1. The summed E-state index contributed by atoms with van der Waals surface area (Å²) in [7, 11) is 0. The Morgan fingerprint density at radius 2 is 1.87 bits per heavy atom. The van der Waals surface area contributed by atoms with E-state index in [1.54, 1.807) is 5.57 Å². The molecule has 0 spiro atoms. The number of aliphatic hydroxyl groups is 1. The van der Waals surface area contributed by atoms with Crippen LogP contribution in [0.15, 0.2) is 47.1 Å². The number of hydrogen-bond donors (Lipinski definition) is 1. The Bertz CT molecular complexity index is 1010. The van der Waals surface area contributed by atoms with Crippen molar-refractivity contribution in [2.45, 2.75) is 77.2 Å². The van der Waals surface area contributed by atoms with E-state index in [4.69, 9.17) is 0 Å². The maximum atomic E-state index is 12.1. The van der Waals surface area contributed by atoms with Crippen LogP contribution in [0, 0.1) is 36.0 Å². The van der Waals surface area contributed by atoms with Crippen molar-refractivity contribution in [3.63, 3.8) is 0 Å². The molecule has 4 aliphatic carbocycles. The van der Waals surface area contributed by atoms with Gasteiger partial charge < -0.3 is 5.11 Å². The van der Waals surface area contributed by atoms with Crippen molar-refractivity contribution in [3.8, 4) is 11.8 Å². The lowest BCUT2D eigenvalue weighted by molar-refractivity contribution is -0.114. The monoisotopic (exact) mass is 400 g/mol. The second-order valence-corrected chi connectivity index (χ2v) is 10.2. The summed E-state index contributed by atoms with van der Waals surface area (Å²) in [6.45, 7) is 6.28. The predicted molar refractivity (Wildman–Crippen MR) is 120 cm³/mol. The minimum atomic E-state index is -0.899. The maximum Gasteiger partial charge on any atom is 0.156 e. The van der Waals surface area contributed by atoms with E-state index in [1.807, 2.05) is 13.0 Å². The summed E-state index contributed by atoms with van der Waals surface area (Å²) in [5.41, 5.74) is 5.87. The third kappa shape index (κ3) is 2.78. The molecule has 0 aromatic heterocycles. The molecule has 0 heterocycles. The van der Waals surface area contributed by atoms with Crippen LogP contribution in [0.25, 0.3) is 0 Å². The Balaban J connectivity index is 1.69. The molecule has 1 aromatic carbocycles. The van der Waals surface area contributed by atoms with E-state index in [9.17, 15) is 9.90 Å². The van der Waals surface area contributed by atoms with Gasteiger partial charge >= 0.3 is 0 Å². The molecular weight excluding hydrogens is 368 g/mol. The molecule has 5 atom stereocenters. The van der Waals surface area contributed by atoms with Crippen LogP contribution in [0.4, 0.5) is 0 Å². The average Bonchev–Trinajstić information content (AvgIpc) is 2.98. The lowest BCUT2D eigenvalue weighted by atomic mass is 9.51. The molecule has 1 unspecified atom stereocenters. The van der Waals surface area contributed by atoms with Gasteiger partial charge in [0, 0.05) is 17.8 Å². The van der Waals surface area contributed by atoms with Crippen molar-refractivity contribution in [3.05, 3.63) is 58.2 Å². The van der Waals surface area contributed by atoms with Gasteiger partial charge in [-0.1, -0.05) is 48.2 Å². The first kappa shape index (κ1) is 19.8. The van der Waals surface area contributed by atoms with Gasteiger partial charge in [-0.25, -0.2) is 0 Å². The lowest BCUT2D eigenvalue weighted by Gasteiger charge is -2.53. The van der Waals surface area contributed by atoms with Crippen LogP contribution < -0.4 is 0 Å². The standard InChI is InChI=1S/C28H32O2/c1-4-14-28(30)15-13-25-23-11-9-20-16-21(29)10-12-22(20)26(23)24(17-27(25,28)3)19-7-5-18(2)6-8-19/h5-8,16,23-25,30H,9-13,15,17H2,1-3H3/t23-,24+,25?,27-,28-/m0/s1. The summed E-state index contributed by atoms with van der Waals surface area (Å²) in [6, 6.07) is 8.97. The fourth-order valence-electron chi connectivity index (χ4n) is 7.18. The van der Waals surface area contributed by atoms with Gasteiger partial charge in [0.1, 0.15) is 5.60 Å². The molecule has 5 rings (SSSR count). The van der Waals surface area contributed by atoms with Crippen LogP contribution in [-0.4, -0.2) is 16.5 Å². The molecule has 1 aromatic rings. The van der Waals surface area contributed by atoms with E-state index in [0.717, 1.165) is 38.5 Å². The van der Waals surface area contributed by atoms with Gasteiger partial charge in [-0.2, -0.15) is 0 Å². The van der Waals surface area contributed by atoms with Crippen LogP contribution in [0.1, 0.15) is 75.8 Å². The first-order chi connectivity index (χ1) is 14.4. The molecule has 2 nitrogen and oxygen atoms in total.